The van der Waals surface area contributed by atoms with Crippen LogP contribution in [-0.4, -0.2) is 24.9 Å². The number of aryl methyl sites for hydroxylation is 1. The van der Waals surface area contributed by atoms with Gasteiger partial charge in [-0.1, -0.05) is 6.07 Å². The first-order valence-corrected chi connectivity index (χ1v) is 8.28. The predicted molar refractivity (Wildman–Crippen MR) is 98.5 cm³/mol. The van der Waals surface area contributed by atoms with Crippen LogP contribution in [0.5, 0.6) is 17.2 Å². The highest BCUT2D eigenvalue weighted by molar-refractivity contribution is 5.70. The van der Waals surface area contributed by atoms with E-state index < -0.39 is 11.7 Å². The third kappa shape index (κ3) is 3.22. The van der Waals surface area contributed by atoms with Crippen LogP contribution in [0.25, 0.3) is 6.08 Å². The summed E-state index contributed by atoms with van der Waals surface area (Å²) >= 11 is 0. The molecular weight excluding hydrogens is 316 g/mol. The van der Waals surface area contributed by atoms with Gasteiger partial charge in [-0.3, -0.25) is 0 Å². The Labute approximate surface area is 148 Å². The number of hydrogen-bond donors (Lipinski definition) is 1. The van der Waals surface area contributed by atoms with Crippen molar-refractivity contribution in [2.45, 2.75) is 32.5 Å². The third-order valence-corrected chi connectivity index (χ3v) is 4.45. The van der Waals surface area contributed by atoms with Gasteiger partial charge in [0.1, 0.15) is 29.0 Å². The summed E-state index contributed by atoms with van der Waals surface area (Å²) in [6, 6.07) is 9.40. The molecule has 0 spiro atoms. The molecule has 0 saturated heterocycles. The fourth-order valence-corrected chi connectivity index (χ4v) is 3.10. The Bertz CT molecular complexity index is 821. The Kier molecular flexibility index (Phi) is 4.48. The molecule has 4 heteroatoms. The molecule has 0 radical (unpaired) electrons. The van der Waals surface area contributed by atoms with Gasteiger partial charge in [-0.25, -0.2) is 0 Å². The van der Waals surface area contributed by atoms with E-state index in [1.54, 1.807) is 14.2 Å². The summed E-state index contributed by atoms with van der Waals surface area (Å²) in [5.74, 6) is 2.18. The molecule has 0 saturated carbocycles. The van der Waals surface area contributed by atoms with Crippen molar-refractivity contribution in [1.82, 2.24) is 0 Å². The molecule has 25 heavy (non-hydrogen) atoms. The maximum Gasteiger partial charge on any atom is 0.137 e. The van der Waals surface area contributed by atoms with Crippen LogP contribution in [0.4, 0.5) is 0 Å². The van der Waals surface area contributed by atoms with E-state index in [0.717, 1.165) is 33.8 Å². The van der Waals surface area contributed by atoms with Crippen LogP contribution in [0.15, 0.2) is 36.4 Å². The van der Waals surface area contributed by atoms with E-state index in [4.69, 9.17) is 14.2 Å². The molecule has 2 aromatic rings. The van der Waals surface area contributed by atoms with Gasteiger partial charge in [-0.15, -0.1) is 0 Å². The zero-order chi connectivity index (χ0) is 18.2. The lowest BCUT2D eigenvalue weighted by Crippen LogP contribution is -2.28. The highest BCUT2D eigenvalue weighted by atomic mass is 16.5. The zero-order valence-electron chi connectivity index (χ0n) is 15.3. The molecule has 0 amide bonds. The van der Waals surface area contributed by atoms with Gasteiger partial charge in [0.15, 0.2) is 0 Å². The molecule has 1 N–H and O–H groups in total. The van der Waals surface area contributed by atoms with E-state index in [2.05, 4.69) is 0 Å². The Hall–Kier alpha value is -2.46. The van der Waals surface area contributed by atoms with Crippen LogP contribution in [-0.2, 0) is 0 Å². The molecule has 1 aliphatic rings. The highest BCUT2D eigenvalue weighted by Gasteiger charge is 2.29. The first-order chi connectivity index (χ1) is 11.9. The topological polar surface area (TPSA) is 47.9 Å². The minimum Gasteiger partial charge on any atom is -0.496 e. The van der Waals surface area contributed by atoms with Gasteiger partial charge in [-0.2, -0.15) is 0 Å². The molecule has 1 heterocycles. The molecule has 2 aromatic carbocycles. The summed E-state index contributed by atoms with van der Waals surface area (Å²) in [6.45, 7) is 5.93. The summed E-state index contributed by atoms with van der Waals surface area (Å²) in [4.78, 5) is 0. The summed E-state index contributed by atoms with van der Waals surface area (Å²) in [5.41, 5.74) is 2.90. The number of methoxy groups -OCH3 is 2. The Balaban J connectivity index is 2.09. The summed E-state index contributed by atoms with van der Waals surface area (Å²) in [6.07, 6.45) is 3.19. The monoisotopic (exact) mass is 340 g/mol. The Morgan fingerprint density at radius 1 is 1.04 bits per heavy atom. The van der Waals surface area contributed by atoms with E-state index in [0.29, 0.717) is 5.75 Å². The average molecular weight is 340 g/mol. The van der Waals surface area contributed by atoms with Gasteiger partial charge in [0.05, 0.1) is 19.8 Å². The number of fused-ring (bicyclic) bond motifs is 1. The number of ether oxygens (including phenoxy) is 3. The lowest BCUT2D eigenvalue weighted by molar-refractivity contribution is 0.146. The second-order valence-corrected chi connectivity index (χ2v) is 6.77. The lowest BCUT2D eigenvalue weighted by Gasteiger charge is -2.31. The number of hydrogen-bond acceptors (Lipinski definition) is 4. The number of aliphatic hydroxyl groups is 1. The van der Waals surface area contributed by atoms with Crippen molar-refractivity contribution in [2.75, 3.05) is 14.2 Å². The maximum absolute atomic E-state index is 11.0. The van der Waals surface area contributed by atoms with Gasteiger partial charge in [0.25, 0.3) is 0 Å². The molecule has 4 nitrogen and oxygen atoms in total. The van der Waals surface area contributed by atoms with Crippen LogP contribution in [0.2, 0.25) is 0 Å². The maximum atomic E-state index is 11.0. The minimum absolute atomic E-state index is 0.441. The standard InChI is InChI=1S/C21H24O4/c1-13-12-14(6-8-17(13)23-4)19(22)16-7-9-18(24-5)15-10-11-21(2,3)25-20(15)16/h6-12,19,22H,1-5H3. The van der Waals surface area contributed by atoms with Gasteiger partial charge in [-0.05, 0) is 68.3 Å². The zero-order valence-corrected chi connectivity index (χ0v) is 15.3. The summed E-state index contributed by atoms with van der Waals surface area (Å²) in [7, 11) is 3.27. The van der Waals surface area contributed by atoms with Crippen LogP contribution in [0, 0.1) is 6.92 Å². The predicted octanol–water partition coefficient (Wildman–Crippen LogP) is 4.28. The third-order valence-electron chi connectivity index (χ3n) is 4.45. The van der Waals surface area contributed by atoms with Crippen molar-refractivity contribution in [3.63, 3.8) is 0 Å². The lowest BCUT2D eigenvalue weighted by atomic mass is 9.93. The van der Waals surface area contributed by atoms with E-state index in [9.17, 15) is 5.11 Å². The molecule has 0 bridgehead atoms. The van der Waals surface area contributed by atoms with Crippen LogP contribution in [0.1, 0.15) is 42.2 Å². The SMILES string of the molecule is COc1ccc(C(O)c2ccc(OC)c3c2OC(C)(C)C=C3)cc1C. The average Bonchev–Trinajstić information content (AvgIpc) is 2.59. The van der Waals surface area contributed by atoms with E-state index >= 15 is 0 Å². The van der Waals surface area contributed by atoms with Crippen molar-refractivity contribution in [2.24, 2.45) is 0 Å². The molecule has 132 valence electrons. The molecule has 1 unspecified atom stereocenters. The van der Waals surface area contributed by atoms with Gasteiger partial charge >= 0.3 is 0 Å². The first-order valence-electron chi connectivity index (χ1n) is 8.28. The largest absolute Gasteiger partial charge is 0.496 e. The van der Waals surface area contributed by atoms with E-state index in [1.165, 1.54) is 0 Å². The second kappa shape index (κ2) is 6.45. The fourth-order valence-electron chi connectivity index (χ4n) is 3.10. The van der Waals surface area contributed by atoms with Crippen molar-refractivity contribution < 1.29 is 19.3 Å². The van der Waals surface area contributed by atoms with Crippen molar-refractivity contribution in [1.29, 1.82) is 0 Å². The van der Waals surface area contributed by atoms with Crippen molar-refractivity contribution >= 4 is 6.08 Å². The summed E-state index contributed by atoms with van der Waals surface area (Å²) < 4.78 is 16.9. The molecule has 3 rings (SSSR count). The van der Waals surface area contributed by atoms with E-state index in [1.807, 2.05) is 63.3 Å². The number of aliphatic hydroxyl groups excluding tert-OH is 1. The number of rotatable bonds is 4. The Morgan fingerprint density at radius 3 is 2.36 bits per heavy atom. The summed E-state index contributed by atoms with van der Waals surface area (Å²) in [5, 5.41) is 11.0. The fraction of sp³-hybridized carbons (Fsp3) is 0.333. The minimum atomic E-state index is -0.799. The smallest absolute Gasteiger partial charge is 0.137 e. The van der Waals surface area contributed by atoms with Gasteiger partial charge < -0.3 is 19.3 Å². The first kappa shape index (κ1) is 17.4. The number of benzene rings is 2. The van der Waals surface area contributed by atoms with Gasteiger partial charge in [0.2, 0.25) is 0 Å². The van der Waals surface area contributed by atoms with E-state index in [-0.39, 0.29) is 0 Å². The van der Waals surface area contributed by atoms with Crippen molar-refractivity contribution in [3.05, 3.63) is 58.7 Å². The quantitative estimate of drug-likeness (QED) is 0.902. The normalized spacial score (nSPS) is 15.9. The molecular formula is C21H24O4. The molecule has 0 aliphatic carbocycles. The van der Waals surface area contributed by atoms with Crippen LogP contribution >= 0.6 is 0 Å². The molecule has 0 aromatic heterocycles. The van der Waals surface area contributed by atoms with Crippen molar-refractivity contribution in [3.8, 4) is 17.2 Å². The van der Waals surface area contributed by atoms with Crippen LogP contribution in [0.3, 0.4) is 0 Å². The highest BCUT2D eigenvalue weighted by Crippen LogP contribution is 2.43. The Morgan fingerprint density at radius 2 is 1.72 bits per heavy atom. The molecule has 1 aliphatic heterocycles. The van der Waals surface area contributed by atoms with Crippen LogP contribution < -0.4 is 14.2 Å². The molecule has 1 atom stereocenters. The second-order valence-electron chi connectivity index (χ2n) is 6.77. The van der Waals surface area contributed by atoms with Gasteiger partial charge in [0, 0.05) is 5.56 Å². The molecule has 0 fully saturated rings.